The molecular formula is C13H19N. The third kappa shape index (κ3) is 6.48. The summed E-state index contributed by atoms with van der Waals surface area (Å²) in [5, 5.41) is 8.25. The summed E-state index contributed by atoms with van der Waals surface area (Å²) < 4.78 is 0. The van der Waals surface area contributed by atoms with Gasteiger partial charge in [0.15, 0.2) is 0 Å². The number of nitrogens with zero attached hydrogens (tertiary/aromatic N) is 1. The minimum absolute atomic E-state index is 1.06. The molecule has 0 aliphatic heterocycles. The Morgan fingerprint density at radius 1 is 1.07 bits per heavy atom. The molecule has 0 bridgehead atoms. The molecule has 0 saturated heterocycles. The molecule has 1 fully saturated rings. The van der Waals surface area contributed by atoms with E-state index in [4.69, 9.17) is 5.26 Å². The summed E-state index contributed by atoms with van der Waals surface area (Å²) in [7, 11) is 0. The van der Waals surface area contributed by atoms with Crippen molar-refractivity contribution >= 4 is 0 Å². The van der Waals surface area contributed by atoms with Crippen LogP contribution in [0.1, 0.15) is 51.4 Å². The number of unbranched alkanes of at least 4 members (excludes halogenated alkanes) is 5. The van der Waals surface area contributed by atoms with Crippen LogP contribution in [-0.4, -0.2) is 0 Å². The molecular weight excluding hydrogens is 170 g/mol. The lowest BCUT2D eigenvalue weighted by Crippen LogP contribution is -1.76. The van der Waals surface area contributed by atoms with E-state index >= 15 is 0 Å². The highest BCUT2D eigenvalue weighted by molar-refractivity contribution is 5.15. The van der Waals surface area contributed by atoms with Crippen LogP contribution in [0.3, 0.4) is 0 Å². The molecule has 0 aromatic rings. The zero-order valence-electron chi connectivity index (χ0n) is 8.84. The van der Waals surface area contributed by atoms with Crippen molar-refractivity contribution in [3.8, 4) is 6.07 Å². The van der Waals surface area contributed by atoms with Crippen LogP contribution < -0.4 is 0 Å². The van der Waals surface area contributed by atoms with Crippen LogP contribution in [0.4, 0.5) is 0 Å². The smallest absolute Gasteiger partial charge is 0.0908 e. The normalized spacial score (nSPS) is 14.4. The van der Waals surface area contributed by atoms with Crippen molar-refractivity contribution in [3.63, 3.8) is 0 Å². The lowest BCUT2D eigenvalue weighted by Gasteiger charge is -1.96. The summed E-state index contributed by atoms with van der Waals surface area (Å²) >= 11 is 0. The fourth-order valence-electron chi connectivity index (χ4n) is 1.48. The molecule has 1 saturated carbocycles. The largest absolute Gasteiger partial charge is 0.193 e. The molecule has 0 unspecified atom stereocenters. The summed E-state index contributed by atoms with van der Waals surface area (Å²) in [6.07, 6.45) is 16.2. The SMILES string of the molecule is N#CC=CCCCCCCC=C1CC1. The van der Waals surface area contributed by atoms with Gasteiger partial charge in [-0.05, 0) is 38.5 Å². The monoisotopic (exact) mass is 189 g/mol. The molecule has 0 radical (unpaired) electrons. The second kappa shape index (κ2) is 7.38. The Balaban J connectivity index is 1.78. The van der Waals surface area contributed by atoms with E-state index in [0.29, 0.717) is 0 Å². The Morgan fingerprint density at radius 2 is 1.79 bits per heavy atom. The van der Waals surface area contributed by atoms with Gasteiger partial charge in [-0.1, -0.05) is 30.6 Å². The first-order valence-corrected chi connectivity index (χ1v) is 5.66. The van der Waals surface area contributed by atoms with E-state index in [2.05, 4.69) is 6.08 Å². The Morgan fingerprint density at radius 3 is 2.43 bits per heavy atom. The molecule has 1 heteroatoms. The highest BCUT2D eigenvalue weighted by Gasteiger charge is 2.08. The van der Waals surface area contributed by atoms with Gasteiger partial charge in [0.05, 0.1) is 6.07 Å². The van der Waals surface area contributed by atoms with Crippen LogP contribution >= 0.6 is 0 Å². The van der Waals surface area contributed by atoms with E-state index in [1.54, 1.807) is 11.6 Å². The third-order valence-corrected chi connectivity index (χ3v) is 2.49. The van der Waals surface area contributed by atoms with Crippen molar-refractivity contribution in [2.45, 2.75) is 51.4 Å². The van der Waals surface area contributed by atoms with Gasteiger partial charge < -0.3 is 0 Å². The van der Waals surface area contributed by atoms with Gasteiger partial charge in [-0.3, -0.25) is 0 Å². The summed E-state index contributed by atoms with van der Waals surface area (Å²) in [5.41, 5.74) is 1.67. The zero-order valence-corrected chi connectivity index (χ0v) is 8.84. The van der Waals surface area contributed by atoms with E-state index in [1.165, 1.54) is 44.9 Å². The minimum Gasteiger partial charge on any atom is -0.193 e. The summed E-state index contributed by atoms with van der Waals surface area (Å²) in [6.45, 7) is 0. The molecule has 76 valence electrons. The van der Waals surface area contributed by atoms with Crippen LogP contribution in [0.2, 0.25) is 0 Å². The van der Waals surface area contributed by atoms with Gasteiger partial charge in [-0.15, -0.1) is 0 Å². The molecule has 1 aliphatic carbocycles. The van der Waals surface area contributed by atoms with E-state index in [-0.39, 0.29) is 0 Å². The van der Waals surface area contributed by atoms with Gasteiger partial charge in [0.1, 0.15) is 0 Å². The third-order valence-electron chi connectivity index (χ3n) is 2.49. The van der Waals surface area contributed by atoms with E-state index < -0.39 is 0 Å². The fraction of sp³-hybridized carbons (Fsp3) is 0.615. The van der Waals surface area contributed by atoms with Gasteiger partial charge in [0, 0.05) is 6.08 Å². The van der Waals surface area contributed by atoms with Gasteiger partial charge in [-0.25, -0.2) is 0 Å². The van der Waals surface area contributed by atoms with Crippen LogP contribution in [-0.2, 0) is 0 Å². The van der Waals surface area contributed by atoms with Gasteiger partial charge in [0.25, 0.3) is 0 Å². The summed E-state index contributed by atoms with van der Waals surface area (Å²) in [5.74, 6) is 0. The molecule has 1 rings (SSSR count). The molecule has 0 heterocycles. The van der Waals surface area contributed by atoms with Crippen LogP contribution in [0.5, 0.6) is 0 Å². The number of hydrogen-bond donors (Lipinski definition) is 0. The Kier molecular flexibility index (Phi) is 5.82. The average molecular weight is 189 g/mol. The fourth-order valence-corrected chi connectivity index (χ4v) is 1.48. The topological polar surface area (TPSA) is 23.8 Å². The van der Waals surface area contributed by atoms with E-state index in [1.807, 2.05) is 12.1 Å². The van der Waals surface area contributed by atoms with Gasteiger partial charge in [-0.2, -0.15) is 5.26 Å². The van der Waals surface area contributed by atoms with E-state index in [9.17, 15) is 0 Å². The predicted molar refractivity (Wildman–Crippen MR) is 59.8 cm³/mol. The number of nitriles is 1. The first-order chi connectivity index (χ1) is 6.93. The Bertz CT molecular complexity index is 236. The molecule has 14 heavy (non-hydrogen) atoms. The van der Waals surface area contributed by atoms with Crippen LogP contribution in [0, 0.1) is 11.3 Å². The predicted octanol–water partition coefficient (Wildman–Crippen LogP) is 4.13. The maximum atomic E-state index is 8.25. The lowest BCUT2D eigenvalue weighted by atomic mass is 10.1. The maximum absolute atomic E-state index is 8.25. The van der Waals surface area contributed by atoms with Crippen molar-refractivity contribution < 1.29 is 0 Å². The van der Waals surface area contributed by atoms with Gasteiger partial charge >= 0.3 is 0 Å². The maximum Gasteiger partial charge on any atom is 0.0908 e. The quantitative estimate of drug-likeness (QED) is 0.335. The molecule has 0 aromatic carbocycles. The lowest BCUT2D eigenvalue weighted by molar-refractivity contribution is 0.652. The molecule has 0 aromatic heterocycles. The zero-order chi connectivity index (χ0) is 10.1. The molecule has 0 atom stereocenters. The summed E-state index contributed by atoms with van der Waals surface area (Å²) in [4.78, 5) is 0. The molecule has 0 spiro atoms. The second-order valence-electron chi connectivity index (χ2n) is 3.89. The molecule has 0 N–H and O–H groups in total. The van der Waals surface area contributed by atoms with Crippen LogP contribution in [0.25, 0.3) is 0 Å². The standard InChI is InChI=1S/C13H19N/c14-12-8-6-4-2-1-3-5-7-9-13-10-11-13/h6,8-9H,1-5,7,10-11H2. The molecule has 1 nitrogen and oxygen atoms in total. The number of rotatable bonds is 7. The first-order valence-electron chi connectivity index (χ1n) is 5.66. The van der Waals surface area contributed by atoms with Crippen molar-refractivity contribution in [3.05, 3.63) is 23.8 Å². The molecule has 0 amide bonds. The highest BCUT2D eigenvalue weighted by Crippen LogP contribution is 2.28. The van der Waals surface area contributed by atoms with Crippen molar-refractivity contribution in [2.24, 2.45) is 0 Å². The second-order valence-corrected chi connectivity index (χ2v) is 3.89. The Labute approximate surface area is 87.1 Å². The van der Waals surface area contributed by atoms with E-state index in [0.717, 1.165) is 6.42 Å². The average Bonchev–Trinajstić information content (AvgIpc) is 2.99. The highest BCUT2D eigenvalue weighted by atomic mass is 14.2. The number of allylic oxidation sites excluding steroid dienone is 4. The van der Waals surface area contributed by atoms with Crippen molar-refractivity contribution in [1.29, 1.82) is 5.26 Å². The Hall–Kier alpha value is -1.03. The minimum atomic E-state index is 1.06. The first kappa shape index (κ1) is 11.0. The van der Waals surface area contributed by atoms with Gasteiger partial charge in [0.2, 0.25) is 0 Å². The molecule has 1 aliphatic rings. The summed E-state index contributed by atoms with van der Waals surface area (Å²) in [6, 6.07) is 2.01. The van der Waals surface area contributed by atoms with Crippen molar-refractivity contribution in [2.75, 3.05) is 0 Å². The number of hydrogen-bond acceptors (Lipinski definition) is 1. The van der Waals surface area contributed by atoms with Crippen molar-refractivity contribution in [1.82, 2.24) is 0 Å². The van der Waals surface area contributed by atoms with Crippen LogP contribution in [0.15, 0.2) is 23.8 Å².